The number of fused-ring (bicyclic) bond motifs is 3. The van der Waals surface area contributed by atoms with Gasteiger partial charge in [0.1, 0.15) is 6.04 Å². The molecule has 2 aromatic carbocycles. The largest absolute Gasteiger partial charge is 0.373 e. The van der Waals surface area contributed by atoms with E-state index in [-0.39, 0.29) is 37.7 Å². The predicted molar refractivity (Wildman–Crippen MR) is 143 cm³/mol. The Morgan fingerprint density at radius 1 is 1.15 bits per heavy atom. The number of anilines is 1. The Bertz CT molecular complexity index is 1410. The van der Waals surface area contributed by atoms with E-state index < -0.39 is 30.0 Å². The Morgan fingerprint density at radius 2 is 1.87 bits per heavy atom. The molecule has 0 spiro atoms. The molecule has 0 fully saturated rings. The number of amides is 2. The third-order valence-electron chi connectivity index (χ3n) is 6.50. The third kappa shape index (κ3) is 7.08. The van der Waals surface area contributed by atoms with Crippen molar-refractivity contribution in [3.05, 3.63) is 86.8 Å². The fourth-order valence-corrected chi connectivity index (χ4v) is 4.74. The number of nitrogens with two attached hydrogens (primary N) is 1. The van der Waals surface area contributed by atoms with Crippen LogP contribution in [0.15, 0.2) is 59.5 Å². The Balaban J connectivity index is 1.70. The number of halogens is 3. The molecule has 1 aliphatic rings. The number of pyridine rings is 1. The van der Waals surface area contributed by atoms with Gasteiger partial charge in [-0.05, 0) is 79.3 Å². The zero-order valence-electron chi connectivity index (χ0n) is 21.2. The van der Waals surface area contributed by atoms with Crippen molar-refractivity contribution in [2.24, 2.45) is 5.73 Å². The van der Waals surface area contributed by atoms with E-state index in [0.29, 0.717) is 28.3 Å². The quantitative estimate of drug-likeness (QED) is 0.361. The Labute approximate surface area is 228 Å². The molecule has 0 bridgehead atoms. The van der Waals surface area contributed by atoms with Gasteiger partial charge in [-0.2, -0.15) is 8.78 Å². The van der Waals surface area contributed by atoms with Crippen LogP contribution in [0.1, 0.15) is 47.3 Å². The van der Waals surface area contributed by atoms with Gasteiger partial charge in [0.25, 0.3) is 5.56 Å². The van der Waals surface area contributed by atoms with E-state index in [0.717, 1.165) is 11.1 Å². The fraction of sp³-hybridized carbons (Fsp3) is 0.321. The summed E-state index contributed by atoms with van der Waals surface area (Å²) < 4.78 is 36.6. The number of alkyl halides is 2. The molecule has 1 aromatic heterocycles. The Morgan fingerprint density at radius 3 is 2.56 bits per heavy atom. The summed E-state index contributed by atoms with van der Waals surface area (Å²) in [6.45, 7) is -1.09. The molecule has 1 aliphatic heterocycles. The molecule has 8 nitrogen and oxygen atoms in total. The van der Waals surface area contributed by atoms with Crippen LogP contribution in [0.5, 0.6) is 0 Å². The lowest BCUT2D eigenvalue weighted by Gasteiger charge is -2.25. The first-order chi connectivity index (χ1) is 18.6. The van der Waals surface area contributed by atoms with E-state index in [2.05, 4.69) is 10.1 Å². The summed E-state index contributed by atoms with van der Waals surface area (Å²) in [6.07, 6.45) is 2.26. The molecule has 4 rings (SSSR count). The van der Waals surface area contributed by atoms with Gasteiger partial charge in [0.15, 0.2) is 0 Å². The van der Waals surface area contributed by atoms with Gasteiger partial charge in [-0.25, -0.2) is 0 Å². The zero-order valence-corrected chi connectivity index (χ0v) is 21.9. The van der Waals surface area contributed by atoms with Gasteiger partial charge in [-0.1, -0.05) is 17.7 Å². The normalized spacial score (nSPS) is 15.6. The Hall–Kier alpha value is -3.60. The van der Waals surface area contributed by atoms with Crippen molar-refractivity contribution >= 4 is 29.1 Å². The third-order valence-corrected chi connectivity index (χ3v) is 6.73. The summed E-state index contributed by atoms with van der Waals surface area (Å²) in [6, 6.07) is 11.8. The van der Waals surface area contributed by atoms with Crippen LogP contribution >= 0.6 is 11.6 Å². The lowest BCUT2D eigenvalue weighted by atomic mass is 9.92. The van der Waals surface area contributed by atoms with Gasteiger partial charge in [0.2, 0.25) is 11.8 Å². The van der Waals surface area contributed by atoms with E-state index in [1.807, 2.05) is 13.0 Å². The number of carbonyl (C=O) groups excluding carboxylic acids is 2. The minimum atomic E-state index is -2.94. The maximum Gasteiger partial charge on any atom is 0.345 e. The second kappa shape index (κ2) is 12.5. The van der Waals surface area contributed by atoms with E-state index in [1.54, 1.807) is 18.3 Å². The summed E-state index contributed by atoms with van der Waals surface area (Å²) in [5.74, 6) is -1.15. The molecule has 11 heteroatoms. The molecule has 2 heterocycles. The van der Waals surface area contributed by atoms with Crippen LogP contribution in [0.25, 0.3) is 11.1 Å². The van der Waals surface area contributed by atoms with E-state index in [1.165, 1.54) is 34.9 Å². The highest BCUT2D eigenvalue weighted by atomic mass is 35.5. The Kier molecular flexibility index (Phi) is 9.11. The predicted octanol–water partition coefficient (Wildman–Crippen LogP) is 4.93. The van der Waals surface area contributed by atoms with Crippen LogP contribution in [0.2, 0.25) is 5.02 Å². The van der Waals surface area contributed by atoms with Crippen molar-refractivity contribution in [3.8, 4) is 11.1 Å². The van der Waals surface area contributed by atoms with Gasteiger partial charge >= 0.3 is 6.61 Å². The van der Waals surface area contributed by atoms with Crippen LogP contribution in [0.4, 0.5) is 14.5 Å². The highest BCUT2D eigenvalue weighted by molar-refractivity contribution is 6.30. The molecule has 3 N–H and O–H groups in total. The molecular formula is C28H28ClF2N3O5. The molecular weight excluding hydrogens is 532 g/mol. The first-order valence-electron chi connectivity index (χ1n) is 12.4. The monoisotopic (exact) mass is 559 g/mol. The van der Waals surface area contributed by atoms with Gasteiger partial charge in [-0.15, -0.1) is 0 Å². The summed E-state index contributed by atoms with van der Waals surface area (Å²) in [7, 11) is 0. The standard InChI is InChI=1S/C28H28ClF2N3O5/c1-16-11-18-4-7-20(29)12-22(18)23-13-25(35)34(14-19(23)15-39-16)24(3-2-10-38-28(30)31)27(37)33-21-8-5-17(6-9-21)26(32)36/h4-9,12-14,16,24,28H,2-3,10-11,15H2,1H3,(H2,32,36)(H,33,37)/t16-,24+/m1/s1. The molecule has 0 saturated carbocycles. The van der Waals surface area contributed by atoms with Crippen molar-refractivity contribution in [2.75, 3.05) is 11.9 Å². The van der Waals surface area contributed by atoms with Crippen LogP contribution in [-0.2, 0) is 27.3 Å². The molecule has 0 saturated heterocycles. The van der Waals surface area contributed by atoms with E-state index in [4.69, 9.17) is 22.1 Å². The van der Waals surface area contributed by atoms with Gasteiger partial charge in [-0.3, -0.25) is 14.4 Å². The first kappa shape index (κ1) is 28.4. The molecule has 3 aromatic rings. The fourth-order valence-electron chi connectivity index (χ4n) is 4.57. The number of ether oxygens (including phenoxy) is 2. The lowest BCUT2D eigenvalue weighted by Crippen LogP contribution is -2.34. The number of rotatable bonds is 9. The van der Waals surface area contributed by atoms with E-state index in [9.17, 15) is 23.2 Å². The van der Waals surface area contributed by atoms with Crippen LogP contribution in [0, 0.1) is 0 Å². The second-order valence-corrected chi connectivity index (χ2v) is 9.74. The maximum absolute atomic E-state index is 13.4. The van der Waals surface area contributed by atoms with Gasteiger partial charge in [0.05, 0.1) is 19.3 Å². The van der Waals surface area contributed by atoms with E-state index >= 15 is 0 Å². The van der Waals surface area contributed by atoms with Crippen molar-refractivity contribution < 1.29 is 27.8 Å². The summed E-state index contributed by atoms with van der Waals surface area (Å²) in [4.78, 5) is 38.2. The average Bonchev–Trinajstić information content (AvgIpc) is 2.88. The number of nitrogens with zero attached hydrogens (tertiary/aromatic N) is 1. The van der Waals surface area contributed by atoms with Crippen molar-refractivity contribution in [1.82, 2.24) is 4.57 Å². The van der Waals surface area contributed by atoms with Gasteiger partial charge < -0.3 is 25.1 Å². The van der Waals surface area contributed by atoms with Crippen LogP contribution in [0.3, 0.4) is 0 Å². The van der Waals surface area contributed by atoms with Crippen LogP contribution in [-0.4, -0.2) is 35.7 Å². The van der Waals surface area contributed by atoms with Crippen LogP contribution < -0.4 is 16.6 Å². The summed E-state index contributed by atoms with van der Waals surface area (Å²) in [5.41, 5.74) is 8.58. The summed E-state index contributed by atoms with van der Waals surface area (Å²) in [5, 5.41) is 3.25. The molecule has 206 valence electrons. The molecule has 0 unspecified atom stereocenters. The number of carbonyl (C=O) groups is 2. The smallest absolute Gasteiger partial charge is 0.345 e. The number of hydrogen-bond donors (Lipinski definition) is 2. The molecule has 2 amide bonds. The maximum atomic E-state index is 13.4. The molecule has 39 heavy (non-hydrogen) atoms. The topological polar surface area (TPSA) is 113 Å². The molecule has 0 aliphatic carbocycles. The SMILES string of the molecule is C[C@@H]1Cc2ccc(Cl)cc2-c2cc(=O)n([C@@H](CCCOC(F)F)C(=O)Nc3ccc(C(N)=O)cc3)cc2CO1. The van der Waals surface area contributed by atoms with Gasteiger partial charge in [0, 0.05) is 34.1 Å². The molecule has 2 atom stereocenters. The first-order valence-corrected chi connectivity index (χ1v) is 12.8. The van der Waals surface area contributed by atoms with Crippen molar-refractivity contribution in [2.45, 2.75) is 51.6 Å². The molecule has 0 radical (unpaired) electrons. The average molecular weight is 560 g/mol. The highest BCUT2D eigenvalue weighted by Gasteiger charge is 2.25. The number of hydrogen-bond acceptors (Lipinski definition) is 5. The number of nitrogens with one attached hydrogen (secondary N) is 1. The lowest BCUT2D eigenvalue weighted by molar-refractivity contribution is -0.130. The second-order valence-electron chi connectivity index (χ2n) is 9.31. The minimum absolute atomic E-state index is 0.0519. The number of primary amides is 1. The zero-order chi connectivity index (χ0) is 28.1. The van der Waals surface area contributed by atoms with Crippen molar-refractivity contribution in [1.29, 1.82) is 0 Å². The summed E-state index contributed by atoms with van der Waals surface area (Å²) >= 11 is 6.28. The number of benzene rings is 2. The highest BCUT2D eigenvalue weighted by Crippen LogP contribution is 2.33. The minimum Gasteiger partial charge on any atom is -0.373 e. The van der Waals surface area contributed by atoms with Crippen molar-refractivity contribution in [3.63, 3.8) is 0 Å². The number of aromatic nitrogens is 1.